The molecule has 9 heavy (non-hydrogen) atoms. The number of rotatable bonds is 1. The fourth-order valence-corrected chi connectivity index (χ4v) is 0.440. The van der Waals surface area contributed by atoms with E-state index in [0.29, 0.717) is 0 Å². The van der Waals surface area contributed by atoms with Crippen molar-refractivity contribution < 1.29 is 4.79 Å². The Hall–Kier alpha value is -1.39. The zero-order valence-corrected chi connectivity index (χ0v) is 4.90. The van der Waals surface area contributed by atoms with Crippen LogP contribution in [-0.4, -0.2) is 20.8 Å². The van der Waals surface area contributed by atoms with E-state index in [2.05, 4.69) is 15.6 Å². The van der Waals surface area contributed by atoms with Gasteiger partial charge < -0.3 is 0 Å². The van der Waals surface area contributed by atoms with Gasteiger partial charge in [0.15, 0.2) is 0 Å². The Labute approximate surface area is 51.7 Å². The van der Waals surface area contributed by atoms with E-state index in [1.807, 2.05) is 0 Å². The van der Waals surface area contributed by atoms with E-state index in [1.165, 1.54) is 24.3 Å². The van der Waals surface area contributed by atoms with Crippen LogP contribution in [0.25, 0.3) is 0 Å². The second-order valence-corrected chi connectivity index (χ2v) is 1.54. The van der Waals surface area contributed by atoms with Gasteiger partial charge in [0.05, 0.1) is 0 Å². The highest BCUT2D eigenvalue weighted by Gasteiger charge is 1.89. The van der Waals surface area contributed by atoms with E-state index in [-0.39, 0.29) is 5.91 Å². The molecule has 0 fully saturated rings. The van der Waals surface area contributed by atoms with Gasteiger partial charge in [0.1, 0.15) is 12.7 Å². The highest BCUT2D eigenvalue weighted by molar-refractivity contribution is 5.80. The SMILES string of the molecule is CC(=O)Nn1cnnc1. The van der Waals surface area contributed by atoms with Crippen LogP contribution in [0.15, 0.2) is 12.7 Å². The maximum Gasteiger partial charge on any atom is 0.235 e. The number of carbonyl (C=O) groups excluding carboxylic acids is 1. The third-order valence-corrected chi connectivity index (χ3v) is 0.705. The summed E-state index contributed by atoms with van der Waals surface area (Å²) in [5, 5.41) is 6.95. The molecule has 0 saturated carbocycles. The summed E-state index contributed by atoms with van der Waals surface area (Å²) in [6, 6.07) is 0. The van der Waals surface area contributed by atoms with Crippen molar-refractivity contribution in [1.29, 1.82) is 0 Å². The number of carbonyl (C=O) groups is 1. The van der Waals surface area contributed by atoms with Gasteiger partial charge in [-0.1, -0.05) is 0 Å². The lowest BCUT2D eigenvalue weighted by Crippen LogP contribution is -2.17. The van der Waals surface area contributed by atoms with Gasteiger partial charge in [0.2, 0.25) is 5.91 Å². The summed E-state index contributed by atoms with van der Waals surface area (Å²) in [6.45, 7) is 1.42. The van der Waals surface area contributed by atoms with Gasteiger partial charge in [-0.05, 0) is 0 Å². The molecule has 0 aliphatic carbocycles. The summed E-state index contributed by atoms with van der Waals surface area (Å²) in [5.41, 5.74) is 2.44. The molecule has 0 unspecified atom stereocenters. The van der Waals surface area contributed by atoms with Crippen LogP contribution in [-0.2, 0) is 4.79 Å². The van der Waals surface area contributed by atoms with E-state index >= 15 is 0 Å². The molecule has 0 aromatic carbocycles. The van der Waals surface area contributed by atoms with Crippen molar-refractivity contribution in [3.63, 3.8) is 0 Å². The van der Waals surface area contributed by atoms with Gasteiger partial charge in [-0.25, -0.2) is 4.68 Å². The Morgan fingerprint density at radius 3 is 2.56 bits per heavy atom. The van der Waals surface area contributed by atoms with Crippen molar-refractivity contribution in [3.8, 4) is 0 Å². The van der Waals surface area contributed by atoms with Crippen LogP contribution < -0.4 is 5.43 Å². The lowest BCUT2D eigenvalue weighted by molar-refractivity contribution is -0.115. The average Bonchev–Trinajstić information content (AvgIpc) is 2.15. The van der Waals surface area contributed by atoms with Crippen LogP contribution in [0.4, 0.5) is 0 Å². The molecule has 0 aliphatic heterocycles. The van der Waals surface area contributed by atoms with Crippen LogP contribution >= 0.6 is 0 Å². The van der Waals surface area contributed by atoms with E-state index in [4.69, 9.17) is 0 Å². The molecule has 0 spiro atoms. The molecule has 48 valence electrons. The number of nitrogens with zero attached hydrogens (tertiary/aromatic N) is 3. The summed E-state index contributed by atoms with van der Waals surface area (Å²) < 4.78 is 1.38. The van der Waals surface area contributed by atoms with Gasteiger partial charge in [-0.3, -0.25) is 10.2 Å². The Balaban J connectivity index is 2.58. The summed E-state index contributed by atoms with van der Waals surface area (Å²) >= 11 is 0. The van der Waals surface area contributed by atoms with Crippen molar-refractivity contribution >= 4 is 5.91 Å². The molecule has 1 amide bonds. The van der Waals surface area contributed by atoms with E-state index in [9.17, 15) is 4.79 Å². The molecule has 0 radical (unpaired) electrons. The minimum Gasteiger partial charge on any atom is -0.274 e. The quantitative estimate of drug-likeness (QED) is 0.545. The molecule has 0 atom stereocenters. The maximum atomic E-state index is 10.3. The fraction of sp³-hybridized carbons (Fsp3) is 0.250. The molecule has 5 heteroatoms. The smallest absolute Gasteiger partial charge is 0.235 e. The summed E-state index contributed by atoms with van der Waals surface area (Å²) in [6.07, 6.45) is 2.81. The lowest BCUT2D eigenvalue weighted by Gasteiger charge is -1.96. The first-order chi connectivity index (χ1) is 4.29. The second-order valence-electron chi connectivity index (χ2n) is 1.54. The fourth-order valence-electron chi connectivity index (χ4n) is 0.440. The molecular formula is C4H6N4O. The Bertz CT molecular complexity index is 192. The van der Waals surface area contributed by atoms with E-state index in [1.54, 1.807) is 0 Å². The van der Waals surface area contributed by atoms with Gasteiger partial charge in [-0.2, -0.15) is 0 Å². The Morgan fingerprint density at radius 1 is 1.56 bits per heavy atom. The van der Waals surface area contributed by atoms with E-state index < -0.39 is 0 Å². The predicted octanol–water partition coefficient (Wildman–Crippen LogP) is -0.632. The standard InChI is InChI=1S/C4H6N4O/c1-4(9)7-8-2-5-6-3-8/h2-3H,1H3,(H,7,9). The van der Waals surface area contributed by atoms with Crippen LogP contribution in [0.1, 0.15) is 6.92 Å². The Morgan fingerprint density at radius 2 is 2.11 bits per heavy atom. The summed E-state index contributed by atoms with van der Waals surface area (Å²) in [7, 11) is 0. The second kappa shape index (κ2) is 2.25. The van der Waals surface area contributed by atoms with Crippen LogP contribution in [0.5, 0.6) is 0 Å². The molecule has 0 aliphatic rings. The van der Waals surface area contributed by atoms with Gasteiger partial charge in [0, 0.05) is 6.92 Å². The monoisotopic (exact) mass is 126 g/mol. The van der Waals surface area contributed by atoms with Crippen molar-refractivity contribution in [2.24, 2.45) is 0 Å². The Kier molecular flexibility index (Phi) is 1.44. The molecule has 0 saturated heterocycles. The minimum atomic E-state index is -0.144. The third kappa shape index (κ3) is 1.52. The zero-order chi connectivity index (χ0) is 6.69. The molecule has 1 heterocycles. The highest BCUT2D eigenvalue weighted by atomic mass is 16.2. The first-order valence-corrected chi connectivity index (χ1v) is 2.41. The average molecular weight is 126 g/mol. The van der Waals surface area contributed by atoms with Gasteiger partial charge in [0.25, 0.3) is 0 Å². The number of aromatic nitrogens is 3. The van der Waals surface area contributed by atoms with Crippen LogP contribution in [0.3, 0.4) is 0 Å². The minimum absolute atomic E-state index is 0.144. The first-order valence-electron chi connectivity index (χ1n) is 2.41. The summed E-state index contributed by atoms with van der Waals surface area (Å²) in [4.78, 5) is 10.3. The molecule has 0 bridgehead atoms. The number of amides is 1. The largest absolute Gasteiger partial charge is 0.274 e. The van der Waals surface area contributed by atoms with Crippen molar-refractivity contribution in [2.75, 3.05) is 5.43 Å². The van der Waals surface area contributed by atoms with Crippen molar-refractivity contribution in [1.82, 2.24) is 14.9 Å². The van der Waals surface area contributed by atoms with Crippen LogP contribution in [0.2, 0.25) is 0 Å². The number of hydrogen-bond donors (Lipinski definition) is 1. The number of hydrogen-bond acceptors (Lipinski definition) is 3. The molecule has 1 rings (SSSR count). The molecule has 1 aromatic rings. The highest BCUT2D eigenvalue weighted by Crippen LogP contribution is 1.73. The van der Waals surface area contributed by atoms with Gasteiger partial charge >= 0.3 is 0 Å². The van der Waals surface area contributed by atoms with Crippen molar-refractivity contribution in [3.05, 3.63) is 12.7 Å². The van der Waals surface area contributed by atoms with Crippen molar-refractivity contribution in [2.45, 2.75) is 6.92 Å². The normalized spacial score (nSPS) is 9.00. The topological polar surface area (TPSA) is 59.8 Å². The molecule has 5 nitrogen and oxygen atoms in total. The van der Waals surface area contributed by atoms with Gasteiger partial charge in [-0.15, -0.1) is 10.2 Å². The molecule has 1 N–H and O–H groups in total. The summed E-state index contributed by atoms with van der Waals surface area (Å²) in [5.74, 6) is -0.144. The molecular weight excluding hydrogens is 120 g/mol. The van der Waals surface area contributed by atoms with E-state index in [0.717, 1.165) is 0 Å². The van der Waals surface area contributed by atoms with Crippen LogP contribution in [0, 0.1) is 0 Å². The maximum absolute atomic E-state index is 10.3. The number of nitrogens with one attached hydrogen (secondary N) is 1. The lowest BCUT2D eigenvalue weighted by atomic mass is 10.8. The third-order valence-electron chi connectivity index (χ3n) is 0.705. The first kappa shape index (κ1) is 5.74. The predicted molar refractivity (Wildman–Crippen MR) is 30.1 cm³/mol. The molecule has 1 aromatic heterocycles. The zero-order valence-electron chi connectivity index (χ0n) is 4.90.